The van der Waals surface area contributed by atoms with Crippen LogP contribution >= 0.6 is 0 Å². The highest BCUT2D eigenvalue weighted by Crippen LogP contribution is 2.07. The average molecular weight is 358 g/mol. The maximum absolute atomic E-state index is 5.66. The van der Waals surface area contributed by atoms with E-state index in [9.17, 15) is 0 Å². The fourth-order valence-electron chi connectivity index (χ4n) is 2.94. The zero-order valence-corrected chi connectivity index (χ0v) is 17.5. The first kappa shape index (κ1) is 24.9. The van der Waals surface area contributed by atoms with Crippen molar-refractivity contribution in [3.05, 3.63) is 0 Å². The van der Waals surface area contributed by atoms with Crippen LogP contribution in [0.2, 0.25) is 0 Å². The van der Waals surface area contributed by atoms with Crippen molar-refractivity contribution in [3.8, 4) is 0 Å². The highest BCUT2D eigenvalue weighted by Gasteiger charge is 1.94. The summed E-state index contributed by atoms with van der Waals surface area (Å²) < 4.78 is 11.3. The van der Waals surface area contributed by atoms with E-state index >= 15 is 0 Å². The Morgan fingerprint density at radius 1 is 0.440 bits per heavy atom. The summed E-state index contributed by atoms with van der Waals surface area (Å²) in [6.07, 6.45) is 18.9. The smallest absolute Gasteiger partial charge is 0.0590 e. The van der Waals surface area contributed by atoms with E-state index < -0.39 is 0 Å². The molecule has 1 N–H and O–H groups in total. The fourth-order valence-corrected chi connectivity index (χ4v) is 2.94. The molecule has 3 nitrogen and oxygen atoms in total. The molecule has 0 rings (SSSR count). The quantitative estimate of drug-likeness (QED) is 0.237. The number of unbranched alkanes of at least 4 members (excludes halogenated alkanes) is 12. The molecule has 0 saturated heterocycles. The molecule has 0 radical (unpaired) electrons. The molecule has 0 fully saturated rings. The lowest BCUT2D eigenvalue weighted by molar-refractivity contribution is 0.117. The van der Waals surface area contributed by atoms with Crippen molar-refractivity contribution >= 4 is 0 Å². The lowest BCUT2D eigenvalue weighted by atomic mass is 10.1. The normalized spacial score (nSPS) is 11.3. The maximum Gasteiger partial charge on any atom is 0.0590 e. The topological polar surface area (TPSA) is 30.5 Å². The molecule has 0 aromatic carbocycles. The van der Waals surface area contributed by atoms with Gasteiger partial charge in [-0.15, -0.1) is 0 Å². The molecule has 0 unspecified atom stereocenters. The Labute approximate surface area is 158 Å². The van der Waals surface area contributed by atoms with Gasteiger partial charge in [0.05, 0.1) is 13.2 Å². The number of nitrogens with one attached hydrogen (secondary N) is 1. The van der Waals surface area contributed by atoms with Crippen LogP contribution in [0.15, 0.2) is 0 Å². The summed E-state index contributed by atoms with van der Waals surface area (Å²) in [5.41, 5.74) is 0. The van der Waals surface area contributed by atoms with Crippen LogP contribution in [0.5, 0.6) is 0 Å². The van der Waals surface area contributed by atoms with Crippen LogP contribution in [-0.4, -0.2) is 39.5 Å². The van der Waals surface area contributed by atoms with Crippen molar-refractivity contribution in [2.45, 2.75) is 104 Å². The van der Waals surface area contributed by atoms with Crippen molar-refractivity contribution in [2.75, 3.05) is 39.5 Å². The first-order chi connectivity index (χ1) is 12.4. The first-order valence-corrected chi connectivity index (χ1v) is 11.3. The van der Waals surface area contributed by atoms with Crippen molar-refractivity contribution in [3.63, 3.8) is 0 Å². The van der Waals surface area contributed by atoms with Gasteiger partial charge in [-0.05, 0) is 12.8 Å². The lowest BCUT2D eigenvalue weighted by Crippen LogP contribution is -2.24. The molecular weight excluding hydrogens is 310 g/mol. The monoisotopic (exact) mass is 357 g/mol. The molecule has 0 atom stereocenters. The minimum Gasteiger partial charge on any atom is -0.380 e. The molecule has 0 aromatic heterocycles. The van der Waals surface area contributed by atoms with Gasteiger partial charge in [0.2, 0.25) is 0 Å². The predicted molar refractivity (Wildman–Crippen MR) is 110 cm³/mol. The van der Waals surface area contributed by atoms with E-state index in [1.165, 1.54) is 89.9 Å². The van der Waals surface area contributed by atoms with E-state index in [4.69, 9.17) is 9.47 Å². The second-order valence-electron chi connectivity index (χ2n) is 7.22. The largest absolute Gasteiger partial charge is 0.380 e. The zero-order chi connectivity index (χ0) is 18.3. The third-order valence-corrected chi connectivity index (χ3v) is 4.63. The second kappa shape index (κ2) is 23.9. The third-order valence-electron chi connectivity index (χ3n) is 4.63. The van der Waals surface area contributed by atoms with Gasteiger partial charge in [-0.3, -0.25) is 0 Å². The first-order valence-electron chi connectivity index (χ1n) is 11.3. The van der Waals surface area contributed by atoms with Gasteiger partial charge in [-0.25, -0.2) is 0 Å². The standard InChI is InChI=1S/C22H47NO2/c1-3-5-7-9-11-13-15-19-24-21-17-23-18-22-25-20-16-14-12-10-8-6-4-2/h23H,3-22H2,1-2H3. The summed E-state index contributed by atoms with van der Waals surface area (Å²) in [5, 5.41) is 3.39. The Morgan fingerprint density at radius 2 is 0.800 bits per heavy atom. The van der Waals surface area contributed by atoms with E-state index in [2.05, 4.69) is 19.2 Å². The van der Waals surface area contributed by atoms with Crippen LogP contribution in [0.1, 0.15) is 104 Å². The minimum absolute atomic E-state index is 0.827. The summed E-state index contributed by atoms with van der Waals surface area (Å²) in [7, 11) is 0. The van der Waals surface area contributed by atoms with Crippen molar-refractivity contribution in [1.82, 2.24) is 5.32 Å². The minimum atomic E-state index is 0.827. The SMILES string of the molecule is CCCCCCCCCOCCNCCOCCCCCCCCC. The van der Waals surface area contributed by atoms with E-state index in [1.807, 2.05) is 0 Å². The van der Waals surface area contributed by atoms with Crippen LogP contribution in [-0.2, 0) is 9.47 Å². The Bertz CT molecular complexity index is 202. The van der Waals surface area contributed by atoms with Crippen LogP contribution in [0.25, 0.3) is 0 Å². The molecule has 0 aromatic rings. The number of hydrogen-bond acceptors (Lipinski definition) is 3. The molecule has 0 spiro atoms. The molecular formula is C22H47NO2. The summed E-state index contributed by atoms with van der Waals surface area (Å²) in [6, 6.07) is 0. The van der Waals surface area contributed by atoms with Crippen molar-refractivity contribution in [1.29, 1.82) is 0 Å². The van der Waals surface area contributed by atoms with Gasteiger partial charge in [-0.2, -0.15) is 0 Å². The molecule has 152 valence electrons. The van der Waals surface area contributed by atoms with Gasteiger partial charge >= 0.3 is 0 Å². The Balaban J connectivity index is 2.94. The third kappa shape index (κ3) is 23.9. The molecule has 0 bridgehead atoms. The molecule has 0 saturated carbocycles. The van der Waals surface area contributed by atoms with E-state index in [-0.39, 0.29) is 0 Å². The predicted octanol–water partition coefficient (Wildman–Crippen LogP) is 6.11. The van der Waals surface area contributed by atoms with Crippen LogP contribution in [0, 0.1) is 0 Å². The molecule has 25 heavy (non-hydrogen) atoms. The van der Waals surface area contributed by atoms with E-state index in [0.29, 0.717) is 0 Å². The Kier molecular flexibility index (Phi) is 23.8. The molecule has 0 aliphatic carbocycles. The zero-order valence-electron chi connectivity index (χ0n) is 17.5. The van der Waals surface area contributed by atoms with Gasteiger partial charge in [0.25, 0.3) is 0 Å². The van der Waals surface area contributed by atoms with Gasteiger partial charge in [0.15, 0.2) is 0 Å². The summed E-state index contributed by atoms with van der Waals surface area (Å²) in [5.74, 6) is 0. The molecule has 0 amide bonds. The van der Waals surface area contributed by atoms with Gasteiger partial charge in [-0.1, -0.05) is 90.9 Å². The van der Waals surface area contributed by atoms with Crippen LogP contribution in [0.4, 0.5) is 0 Å². The molecule has 3 heteroatoms. The van der Waals surface area contributed by atoms with Crippen molar-refractivity contribution in [2.24, 2.45) is 0 Å². The van der Waals surface area contributed by atoms with Crippen LogP contribution in [0.3, 0.4) is 0 Å². The number of hydrogen-bond donors (Lipinski definition) is 1. The molecule has 0 aliphatic rings. The highest BCUT2D eigenvalue weighted by molar-refractivity contribution is 4.48. The molecule has 0 heterocycles. The van der Waals surface area contributed by atoms with Gasteiger partial charge in [0.1, 0.15) is 0 Å². The Hall–Kier alpha value is -0.120. The highest BCUT2D eigenvalue weighted by atomic mass is 16.5. The summed E-state index contributed by atoms with van der Waals surface area (Å²) in [6.45, 7) is 9.92. The summed E-state index contributed by atoms with van der Waals surface area (Å²) >= 11 is 0. The maximum atomic E-state index is 5.66. The molecule has 0 aliphatic heterocycles. The lowest BCUT2D eigenvalue weighted by Gasteiger charge is -2.07. The number of rotatable bonds is 22. The van der Waals surface area contributed by atoms with E-state index in [0.717, 1.165) is 39.5 Å². The second-order valence-corrected chi connectivity index (χ2v) is 7.22. The van der Waals surface area contributed by atoms with Crippen molar-refractivity contribution < 1.29 is 9.47 Å². The average Bonchev–Trinajstić information content (AvgIpc) is 2.63. The van der Waals surface area contributed by atoms with E-state index in [1.54, 1.807) is 0 Å². The van der Waals surface area contributed by atoms with Crippen LogP contribution < -0.4 is 5.32 Å². The fraction of sp³-hybridized carbons (Fsp3) is 1.00. The Morgan fingerprint density at radius 3 is 1.20 bits per heavy atom. The number of ether oxygens (including phenoxy) is 2. The van der Waals surface area contributed by atoms with Gasteiger partial charge < -0.3 is 14.8 Å². The summed E-state index contributed by atoms with van der Waals surface area (Å²) in [4.78, 5) is 0. The van der Waals surface area contributed by atoms with Gasteiger partial charge in [0, 0.05) is 26.3 Å².